The van der Waals surface area contributed by atoms with E-state index in [0.717, 1.165) is 11.0 Å². The van der Waals surface area contributed by atoms with Gasteiger partial charge in [0.15, 0.2) is 0 Å². The van der Waals surface area contributed by atoms with Crippen molar-refractivity contribution in [2.24, 2.45) is 0 Å². The molecule has 96 valence electrons. The predicted molar refractivity (Wildman–Crippen MR) is 77.4 cm³/mol. The molecule has 0 radical (unpaired) electrons. The Labute approximate surface area is 116 Å². The highest BCUT2D eigenvalue weighted by molar-refractivity contribution is 9.10. The van der Waals surface area contributed by atoms with Crippen molar-refractivity contribution in [3.8, 4) is 0 Å². The van der Waals surface area contributed by atoms with Crippen molar-refractivity contribution in [3.63, 3.8) is 0 Å². The van der Waals surface area contributed by atoms with Crippen LogP contribution in [0.5, 0.6) is 0 Å². The minimum atomic E-state index is 0.319. The lowest BCUT2D eigenvalue weighted by Crippen LogP contribution is -2.33. The summed E-state index contributed by atoms with van der Waals surface area (Å²) in [6.07, 6.45) is 3.83. The summed E-state index contributed by atoms with van der Waals surface area (Å²) in [4.78, 5) is 0. The van der Waals surface area contributed by atoms with Crippen molar-refractivity contribution in [1.82, 2.24) is 15.1 Å². The van der Waals surface area contributed by atoms with E-state index in [2.05, 4.69) is 64.5 Å². The second kappa shape index (κ2) is 6.16. The first-order valence-corrected chi connectivity index (χ1v) is 6.93. The van der Waals surface area contributed by atoms with Crippen molar-refractivity contribution in [2.45, 2.75) is 32.5 Å². The van der Waals surface area contributed by atoms with E-state index < -0.39 is 0 Å². The zero-order valence-electron chi connectivity index (χ0n) is 10.7. The molecule has 1 N–H and O–H groups in total. The van der Waals surface area contributed by atoms with Gasteiger partial charge < -0.3 is 5.32 Å². The third-order valence-electron chi connectivity index (χ3n) is 3.18. The van der Waals surface area contributed by atoms with E-state index in [1.165, 1.54) is 5.56 Å². The first kappa shape index (κ1) is 13.3. The maximum absolute atomic E-state index is 4.32. The molecule has 2 atom stereocenters. The third-order valence-corrected chi connectivity index (χ3v) is 3.59. The smallest absolute Gasteiger partial charge is 0.0641 e. The Kier molecular flexibility index (Phi) is 4.55. The fraction of sp³-hybridized carbons (Fsp3) is 0.357. The van der Waals surface area contributed by atoms with E-state index in [1.807, 2.05) is 23.1 Å². The summed E-state index contributed by atoms with van der Waals surface area (Å²) in [6, 6.07) is 11.1. The highest BCUT2D eigenvalue weighted by Crippen LogP contribution is 2.14. The first-order valence-electron chi connectivity index (χ1n) is 6.14. The van der Waals surface area contributed by atoms with Gasteiger partial charge in [0.1, 0.15) is 0 Å². The maximum atomic E-state index is 4.32. The molecule has 2 rings (SSSR count). The molecule has 0 amide bonds. The van der Waals surface area contributed by atoms with Gasteiger partial charge in [-0.15, -0.1) is 0 Å². The second-order valence-electron chi connectivity index (χ2n) is 4.53. The Balaban J connectivity index is 1.90. The zero-order chi connectivity index (χ0) is 13.0. The van der Waals surface area contributed by atoms with E-state index in [0.29, 0.717) is 12.1 Å². The Morgan fingerprint density at radius 3 is 2.61 bits per heavy atom. The number of hydrogen-bond donors (Lipinski definition) is 1. The fourth-order valence-corrected chi connectivity index (χ4v) is 2.11. The largest absolute Gasteiger partial charge is 0.308 e. The molecule has 0 saturated carbocycles. The van der Waals surface area contributed by atoms with Gasteiger partial charge in [0.25, 0.3) is 0 Å². The molecule has 1 aromatic carbocycles. The van der Waals surface area contributed by atoms with Crippen molar-refractivity contribution in [1.29, 1.82) is 0 Å². The monoisotopic (exact) mass is 307 g/mol. The van der Waals surface area contributed by atoms with E-state index in [9.17, 15) is 0 Å². The molecule has 0 aliphatic heterocycles. The van der Waals surface area contributed by atoms with Crippen molar-refractivity contribution >= 4 is 15.9 Å². The molecule has 1 aromatic heterocycles. The zero-order valence-corrected chi connectivity index (χ0v) is 12.3. The van der Waals surface area contributed by atoms with Crippen LogP contribution in [0.15, 0.2) is 47.2 Å². The van der Waals surface area contributed by atoms with Gasteiger partial charge in [-0.25, -0.2) is 0 Å². The van der Waals surface area contributed by atoms with Gasteiger partial charge in [0.05, 0.1) is 16.7 Å². The molecular formula is C14H18BrN3. The Hall–Kier alpha value is -1.13. The van der Waals surface area contributed by atoms with Crippen LogP contribution in [0.25, 0.3) is 0 Å². The lowest BCUT2D eigenvalue weighted by Gasteiger charge is -2.21. The summed E-state index contributed by atoms with van der Waals surface area (Å²) >= 11 is 3.42. The molecule has 18 heavy (non-hydrogen) atoms. The number of aromatic nitrogens is 2. The number of nitrogens with one attached hydrogen (secondary N) is 1. The Bertz CT molecular complexity index is 481. The second-order valence-corrected chi connectivity index (χ2v) is 5.45. The van der Waals surface area contributed by atoms with Crippen molar-refractivity contribution in [3.05, 3.63) is 52.8 Å². The van der Waals surface area contributed by atoms with Gasteiger partial charge >= 0.3 is 0 Å². The summed E-state index contributed by atoms with van der Waals surface area (Å²) in [5.74, 6) is 0. The van der Waals surface area contributed by atoms with Crippen molar-refractivity contribution in [2.75, 3.05) is 0 Å². The summed E-state index contributed by atoms with van der Waals surface area (Å²) in [7, 11) is 0. The number of nitrogens with zero attached hydrogens (tertiary/aromatic N) is 2. The lowest BCUT2D eigenvalue weighted by molar-refractivity contribution is 0.365. The number of halogens is 1. The van der Waals surface area contributed by atoms with E-state index in [4.69, 9.17) is 0 Å². The molecule has 0 spiro atoms. The van der Waals surface area contributed by atoms with Gasteiger partial charge in [-0.1, -0.05) is 30.3 Å². The van der Waals surface area contributed by atoms with Gasteiger partial charge in [0.2, 0.25) is 0 Å². The van der Waals surface area contributed by atoms with Crippen LogP contribution < -0.4 is 5.32 Å². The average molecular weight is 308 g/mol. The van der Waals surface area contributed by atoms with E-state index in [-0.39, 0.29) is 0 Å². The molecule has 4 heteroatoms. The first-order chi connectivity index (χ1) is 8.66. The van der Waals surface area contributed by atoms with Crippen LogP contribution in [0, 0.1) is 0 Å². The number of hydrogen-bond acceptors (Lipinski definition) is 2. The number of rotatable bonds is 5. The Morgan fingerprint density at radius 2 is 2.00 bits per heavy atom. The molecular weight excluding hydrogens is 290 g/mol. The molecule has 1 heterocycles. The van der Waals surface area contributed by atoms with Crippen LogP contribution in [0.4, 0.5) is 0 Å². The molecule has 3 nitrogen and oxygen atoms in total. The number of benzene rings is 1. The molecule has 0 aliphatic rings. The van der Waals surface area contributed by atoms with Crippen LogP contribution in [0.1, 0.15) is 25.5 Å². The quantitative estimate of drug-likeness (QED) is 0.917. The summed E-state index contributed by atoms with van der Waals surface area (Å²) < 4.78 is 3.00. The molecule has 0 bridgehead atoms. The van der Waals surface area contributed by atoms with Gasteiger partial charge in [-0.05, 0) is 35.3 Å². The van der Waals surface area contributed by atoms with Crippen LogP contribution in [-0.4, -0.2) is 15.8 Å². The van der Waals surface area contributed by atoms with Gasteiger partial charge in [0, 0.05) is 18.8 Å². The SMILES string of the molecule is CC(NCc1ccccc1)[C@H](C)n1cc(Br)cn1. The Morgan fingerprint density at radius 1 is 1.28 bits per heavy atom. The standard InChI is InChI=1S/C14H18BrN3/c1-11(12(2)18-10-14(15)9-17-18)16-8-13-6-4-3-5-7-13/h3-7,9-12,16H,8H2,1-2H3/t11?,12-/m0/s1. The predicted octanol–water partition coefficient (Wildman–Crippen LogP) is 3.38. The molecule has 0 aliphatic carbocycles. The van der Waals surface area contributed by atoms with Crippen LogP contribution in [0.3, 0.4) is 0 Å². The van der Waals surface area contributed by atoms with Crippen LogP contribution in [-0.2, 0) is 6.54 Å². The normalized spacial score (nSPS) is 14.4. The fourth-order valence-electron chi connectivity index (χ4n) is 1.81. The van der Waals surface area contributed by atoms with Crippen LogP contribution in [0.2, 0.25) is 0 Å². The molecule has 1 unspecified atom stereocenters. The maximum Gasteiger partial charge on any atom is 0.0641 e. The molecule has 2 aromatic rings. The van der Waals surface area contributed by atoms with E-state index >= 15 is 0 Å². The topological polar surface area (TPSA) is 29.9 Å². The van der Waals surface area contributed by atoms with Crippen molar-refractivity contribution < 1.29 is 0 Å². The molecule has 0 fully saturated rings. The van der Waals surface area contributed by atoms with Gasteiger partial charge in [-0.2, -0.15) is 5.10 Å². The minimum absolute atomic E-state index is 0.319. The van der Waals surface area contributed by atoms with Gasteiger partial charge in [-0.3, -0.25) is 4.68 Å². The summed E-state index contributed by atoms with van der Waals surface area (Å²) in [5, 5.41) is 7.85. The van der Waals surface area contributed by atoms with Crippen LogP contribution >= 0.6 is 15.9 Å². The average Bonchev–Trinajstić information content (AvgIpc) is 2.83. The highest BCUT2D eigenvalue weighted by atomic mass is 79.9. The lowest BCUT2D eigenvalue weighted by atomic mass is 10.1. The minimum Gasteiger partial charge on any atom is -0.308 e. The third kappa shape index (κ3) is 3.43. The molecule has 0 saturated heterocycles. The summed E-state index contributed by atoms with van der Waals surface area (Å²) in [5.41, 5.74) is 1.30. The highest BCUT2D eigenvalue weighted by Gasteiger charge is 2.14. The van der Waals surface area contributed by atoms with E-state index in [1.54, 1.807) is 0 Å². The summed E-state index contributed by atoms with van der Waals surface area (Å²) in [6.45, 7) is 5.24.